The molecule has 0 atom stereocenters. The highest BCUT2D eigenvalue weighted by molar-refractivity contribution is 7.90. The average molecular weight is 307 g/mol. The van der Waals surface area contributed by atoms with Crippen molar-refractivity contribution in [2.45, 2.75) is 4.90 Å². The van der Waals surface area contributed by atoms with Gasteiger partial charge >= 0.3 is 0 Å². The Labute approximate surface area is 124 Å². The first kappa shape index (κ1) is 15.2. The summed E-state index contributed by atoms with van der Waals surface area (Å²) in [6.07, 6.45) is 1.16. The van der Waals surface area contributed by atoms with Crippen LogP contribution in [0.25, 0.3) is 0 Å². The van der Waals surface area contributed by atoms with Crippen molar-refractivity contribution in [1.82, 2.24) is 0 Å². The Balaban J connectivity index is 1.87. The van der Waals surface area contributed by atoms with Crippen molar-refractivity contribution in [3.8, 4) is 11.5 Å². The van der Waals surface area contributed by atoms with Crippen LogP contribution in [0.5, 0.6) is 11.5 Å². The predicted molar refractivity (Wildman–Crippen MR) is 81.4 cm³/mol. The van der Waals surface area contributed by atoms with Gasteiger partial charge in [0.05, 0.1) is 4.90 Å². The molecule has 2 N–H and O–H groups in total. The summed E-state index contributed by atoms with van der Waals surface area (Å²) >= 11 is 0. The van der Waals surface area contributed by atoms with E-state index in [9.17, 15) is 8.42 Å². The van der Waals surface area contributed by atoms with Crippen LogP contribution in [0.1, 0.15) is 0 Å². The van der Waals surface area contributed by atoms with Crippen molar-refractivity contribution >= 4 is 15.5 Å². The van der Waals surface area contributed by atoms with Crippen molar-refractivity contribution in [2.75, 3.05) is 25.2 Å². The zero-order chi connectivity index (χ0) is 15.3. The van der Waals surface area contributed by atoms with Crippen LogP contribution in [0.15, 0.2) is 53.4 Å². The Morgan fingerprint density at radius 1 is 0.952 bits per heavy atom. The van der Waals surface area contributed by atoms with E-state index in [2.05, 4.69) is 0 Å². The largest absolute Gasteiger partial charge is 0.490 e. The van der Waals surface area contributed by atoms with Gasteiger partial charge in [0.2, 0.25) is 0 Å². The highest BCUT2D eigenvalue weighted by Gasteiger charge is 2.07. The van der Waals surface area contributed by atoms with Gasteiger partial charge in [-0.3, -0.25) is 0 Å². The third-order valence-corrected chi connectivity index (χ3v) is 3.82. The smallest absolute Gasteiger partial charge is 0.175 e. The van der Waals surface area contributed by atoms with Crippen LogP contribution in [0, 0.1) is 0 Å². The van der Waals surface area contributed by atoms with Gasteiger partial charge in [-0.05, 0) is 30.3 Å². The molecule has 0 radical (unpaired) electrons. The first-order valence-electron chi connectivity index (χ1n) is 6.36. The van der Waals surface area contributed by atoms with E-state index in [1.165, 1.54) is 12.1 Å². The van der Waals surface area contributed by atoms with Gasteiger partial charge in [-0.25, -0.2) is 8.42 Å². The lowest BCUT2D eigenvalue weighted by molar-refractivity contribution is 0.217. The number of benzene rings is 2. The standard InChI is InChI=1S/C15H17NO4S/c1-21(17,18)15-7-3-6-14(11-15)20-9-8-19-13-5-2-4-12(16)10-13/h2-7,10-11H,8-9,16H2,1H3. The fourth-order valence-electron chi connectivity index (χ4n) is 1.72. The van der Waals surface area contributed by atoms with Crippen LogP contribution in [-0.2, 0) is 9.84 Å². The maximum atomic E-state index is 11.4. The van der Waals surface area contributed by atoms with E-state index in [-0.39, 0.29) is 4.90 Å². The van der Waals surface area contributed by atoms with Crippen LogP contribution in [0.3, 0.4) is 0 Å². The molecule has 0 bridgehead atoms. The molecule has 0 aliphatic rings. The van der Waals surface area contributed by atoms with Gasteiger partial charge in [-0.1, -0.05) is 12.1 Å². The number of anilines is 1. The molecule has 0 amide bonds. The minimum atomic E-state index is -3.23. The molecule has 0 aromatic heterocycles. The lowest BCUT2D eigenvalue weighted by Crippen LogP contribution is -2.09. The van der Waals surface area contributed by atoms with Gasteiger partial charge in [-0.2, -0.15) is 0 Å². The van der Waals surface area contributed by atoms with Gasteiger partial charge in [0.1, 0.15) is 24.7 Å². The molecule has 5 nitrogen and oxygen atoms in total. The molecular formula is C15H17NO4S. The molecule has 0 heterocycles. The molecular weight excluding hydrogens is 290 g/mol. The maximum Gasteiger partial charge on any atom is 0.175 e. The Hall–Kier alpha value is -2.21. The van der Waals surface area contributed by atoms with Crippen LogP contribution < -0.4 is 15.2 Å². The van der Waals surface area contributed by atoms with Crippen molar-refractivity contribution in [3.05, 3.63) is 48.5 Å². The molecule has 0 fully saturated rings. The molecule has 0 unspecified atom stereocenters. The SMILES string of the molecule is CS(=O)(=O)c1cccc(OCCOc2cccc(N)c2)c1. The number of hydrogen-bond acceptors (Lipinski definition) is 5. The minimum Gasteiger partial charge on any atom is -0.490 e. The zero-order valence-corrected chi connectivity index (χ0v) is 12.5. The van der Waals surface area contributed by atoms with Gasteiger partial charge in [-0.15, -0.1) is 0 Å². The van der Waals surface area contributed by atoms with E-state index in [0.717, 1.165) is 6.26 Å². The molecule has 6 heteroatoms. The zero-order valence-electron chi connectivity index (χ0n) is 11.7. The van der Waals surface area contributed by atoms with E-state index < -0.39 is 9.84 Å². The van der Waals surface area contributed by atoms with Gasteiger partial charge in [0.25, 0.3) is 0 Å². The summed E-state index contributed by atoms with van der Waals surface area (Å²) in [6.45, 7) is 0.647. The minimum absolute atomic E-state index is 0.233. The molecule has 21 heavy (non-hydrogen) atoms. The quantitative estimate of drug-likeness (QED) is 0.653. The third kappa shape index (κ3) is 4.68. The lowest BCUT2D eigenvalue weighted by Gasteiger charge is -2.09. The van der Waals surface area contributed by atoms with E-state index >= 15 is 0 Å². The summed E-state index contributed by atoms with van der Waals surface area (Å²) in [4.78, 5) is 0.233. The maximum absolute atomic E-state index is 11.4. The molecule has 0 saturated carbocycles. The molecule has 0 aliphatic carbocycles. The van der Waals surface area contributed by atoms with E-state index in [1.54, 1.807) is 36.4 Å². The van der Waals surface area contributed by atoms with E-state index in [1.807, 2.05) is 0 Å². The third-order valence-electron chi connectivity index (χ3n) is 2.71. The van der Waals surface area contributed by atoms with E-state index in [0.29, 0.717) is 30.4 Å². The molecule has 0 spiro atoms. The van der Waals surface area contributed by atoms with Crippen molar-refractivity contribution in [1.29, 1.82) is 0 Å². The number of ether oxygens (including phenoxy) is 2. The Morgan fingerprint density at radius 2 is 1.52 bits per heavy atom. The molecule has 2 aromatic carbocycles. The van der Waals surface area contributed by atoms with Crippen LogP contribution in [-0.4, -0.2) is 27.9 Å². The number of rotatable bonds is 6. The van der Waals surface area contributed by atoms with Crippen LogP contribution >= 0.6 is 0 Å². The summed E-state index contributed by atoms with van der Waals surface area (Å²) in [5.74, 6) is 1.16. The van der Waals surface area contributed by atoms with Crippen molar-refractivity contribution in [2.24, 2.45) is 0 Å². The summed E-state index contributed by atoms with van der Waals surface area (Å²) < 4.78 is 33.8. The van der Waals surface area contributed by atoms with Gasteiger partial charge in [0.15, 0.2) is 9.84 Å². The lowest BCUT2D eigenvalue weighted by atomic mass is 10.3. The first-order chi connectivity index (χ1) is 9.95. The van der Waals surface area contributed by atoms with Gasteiger partial charge < -0.3 is 15.2 Å². The molecule has 2 aromatic rings. The second-order valence-electron chi connectivity index (χ2n) is 4.52. The fraction of sp³-hybridized carbons (Fsp3) is 0.200. The Kier molecular flexibility index (Phi) is 4.70. The number of sulfone groups is 1. The molecule has 0 aliphatic heterocycles. The first-order valence-corrected chi connectivity index (χ1v) is 8.25. The molecule has 112 valence electrons. The predicted octanol–water partition coefficient (Wildman–Crippen LogP) is 2.13. The highest BCUT2D eigenvalue weighted by Crippen LogP contribution is 2.18. The molecule has 2 rings (SSSR count). The second kappa shape index (κ2) is 6.49. The highest BCUT2D eigenvalue weighted by atomic mass is 32.2. The Morgan fingerprint density at radius 3 is 2.10 bits per heavy atom. The van der Waals surface area contributed by atoms with Crippen molar-refractivity contribution in [3.63, 3.8) is 0 Å². The van der Waals surface area contributed by atoms with Crippen molar-refractivity contribution < 1.29 is 17.9 Å². The summed E-state index contributed by atoms with van der Waals surface area (Å²) in [7, 11) is -3.23. The average Bonchev–Trinajstić information content (AvgIpc) is 2.43. The Bertz CT molecular complexity index is 713. The fourth-order valence-corrected chi connectivity index (χ4v) is 2.37. The summed E-state index contributed by atoms with van der Waals surface area (Å²) in [5.41, 5.74) is 6.28. The second-order valence-corrected chi connectivity index (χ2v) is 6.53. The molecule has 0 saturated heterocycles. The monoisotopic (exact) mass is 307 g/mol. The van der Waals surface area contributed by atoms with Gasteiger partial charge in [0, 0.05) is 18.0 Å². The number of nitrogens with two attached hydrogens (primary N) is 1. The summed E-state index contributed by atoms with van der Waals surface area (Å²) in [5, 5.41) is 0. The van der Waals surface area contributed by atoms with E-state index in [4.69, 9.17) is 15.2 Å². The van der Waals surface area contributed by atoms with Crippen LogP contribution in [0.2, 0.25) is 0 Å². The summed E-state index contributed by atoms with van der Waals surface area (Å²) in [6, 6.07) is 13.5. The van der Waals surface area contributed by atoms with Crippen LogP contribution in [0.4, 0.5) is 5.69 Å². The normalized spacial score (nSPS) is 11.1. The topological polar surface area (TPSA) is 78.6 Å². The number of hydrogen-bond donors (Lipinski definition) is 1. The number of nitrogen functional groups attached to an aromatic ring is 1.